The smallest absolute Gasteiger partial charge is 0.101 e. The minimum absolute atomic E-state index is 0.996. The summed E-state index contributed by atoms with van der Waals surface area (Å²) < 4.78 is 3.09. The van der Waals surface area contributed by atoms with Gasteiger partial charge in [0, 0.05) is 15.4 Å². The molecule has 0 spiro atoms. The zero-order valence-electron chi connectivity index (χ0n) is 13.9. The van der Waals surface area contributed by atoms with Crippen LogP contribution in [-0.2, 0) is 0 Å². The van der Waals surface area contributed by atoms with Crippen LogP contribution in [0.15, 0.2) is 95.5 Å². The van der Waals surface area contributed by atoms with Crippen molar-refractivity contribution >= 4 is 37.6 Å². The average molecular weight is 399 g/mol. The van der Waals surface area contributed by atoms with E-state index in [2.05, 4.69) is 76.6 Å². The van der Waals surface area contributed by atoms with Gasteiger partial charge in [0.05, 0.1) is 11.2 Å². The molecule has 1 aromatic heterocycles. The molecule has 0 N–H and O–H groups in total. The third kappa shape index (κ3) is 2.52. The Morgan fingerprint density at radius 1 is 0.692 bits per heavy atom. The van der Waals surface area contributed by atoms with Crippen molar-refractivity contribution in [2.75, 3.05) is 0 Å². The molecule has 5 aromatic rings. The third-order valence-electron chi connectivity index (χ3n) is 4.65. The monoisotopic (exact) mass is 398 g/mol. The van der Waals surface area contributed by atoms with Crippen molar-refractivity contribution in [1.82, 2.24) is 9.78 Å². The first kappa shape index (κ1) is 15.4. The van der Waals surface area contributed by atoms with E-state index in [1.807, 2.05) is 35.0 Å². The standard InChI is InChI=1S/C23H15BrN2/c24-19-10-6-9-18(13-19)23-21-14-16-7-4-5-8-17(16)15-22(21)26(25-23)20-11-2-1-3-12-20/h1-15H. The van der Waals surface area contributed by atoms with Crippen molar-refractivity contribution in [1.29, 1.82) is 0 Å². The highest BCUT2D eigenvalue weighted by Crippen LogP contribution is 2.33. The Morgan fingerprint density at radius 3 is 2.19 bits per heavy atom. The van der Waals surface area contributed by atoms with Crippen LogP contribution in [0, 0.1) is 0 Å². The molecule has 0 saturated carbocycles. The highest BCUT2D eigenvalue weighted by atomic mass is 79.9. The van der Waals surface area contributed by atoms with Crippen LogP contribution in [0.1, 0.15) is 0 Å². The summed E-state index contributed by atoms with van der Waals surface area (Å²) in [7, 11) is 0. The molecule has 124 valence electrons. The van der Waals surface area contributed by atoms with Crippen LogP contribution < -0.4 is 0 Å². The highest BCUT2D eigenvalue weighted by Gasteiger charge is 2.14. The van der Waals surface area contributed by atoms with E-state index >= 15 is 0 Å². The molecular weight excluding hydrogens is 384 g/mol. The molecule has 0 fully saturated rings. The maximum absolute atomic E-state index is 4.99. The molecule has 5 rings (SSSR count). The lowest BCUT2D eigenvalue weighted by Gasteiger charge is -2.04. The summed E-state index contributed by atoms with van der Waals surface area (Å²) in [6.45, 7) is 0. The second kappa shape index (κ2) is 6.11. The van der Waals surface area contributed by atoms with Gasteiger partial charge in [-0.25, -0.2) is 4.68 Å². The van der Waals surface area contributed by atoms with Gasteiger partial charge in [0.25, 0.3) is 0 Å². The molecule has 0 unspecified atom stereocenters. The van der Waals surface area contributed by atoms with Crippen LogP contribution in [-0.4, -0.2) is 9.78 Å². The fourth-order valence-electron chi connectivity index (χ4n) is 3.42. The van der Waals surface area contributed by atoms with Crippen molar-refractivity contribution in [3.63, 3.8) is 0 Å². The van der Waals surface area contributed by atoms with E-state index in [1.165, 1.54) is 10.8 Å². The summed E-state index contributed by atoms with van der Waals surface area (Å²) in [5.41, 5.74) is 4.28. The quantitative estimate of drug-likeness (QED) is 0.327. The number of benzene rings is 4. The van der Waals surface area contributed by atoms with Crippen LogP contribution in [0.2, 0.25) is 0 Å². The number of hydrogen-bond acceptors (Lipinski definition) is 1. The Hall–Kier alpha value is -2.91. The van der Waals surface area contributed by atoms with E-state index in [1.54, 1.807) is 0 Å². The van der Waals surface area contributed by atoms with Gasteiger partial charge < -0.3 is 0 Å². The molecule has 0 aliphatic carbocycles. The van der Waals surface area contributed by atoms with E-state index in [9.17, 15) is 0 Å². The van der Waals surface area contributed by atoms with Gasteiger partial charge in [0.1, 0.15) is 5.69 Å². The van der Waals surface area contributed by atoms with Crippen LogP contribution in [0.3, 0.4) is 0 Å². The Labute approximate surface area is 159 Å². The molecule has 26 heavy (non-hydrogen) atoms. The lowest BCUT2D eigenvalue weighted by Crippen LogP contribution is -1.95. The second-order valence-corrected chi connectivity index (χ2v) is 7.24. The molecule has 0 radical (unpaired) electrons. The number of para-hydroxylation sites is 1. The molecule has 0 atom stereocenters. The van der Waals surface area contributed by atoms with Crippen LogP contribution >= 0.6 is 15.9 Å². The number of hydrogen-bond donors (Lipinski definition) is 0. The molecule has 0 aliphatic heterocycles. The summed E-state index contributed by atoms with van der Waals surface area (Å²) in [6, 6.07) is 31.5. The summed E-state index contributed by atoms with van der Waals surface area (Å²) >= 11 is 3.58. The molecule has 0 saturated heterocycles. The number of fused-ring (bicyclic) bond motifs is 2. The Kier molecular flexibility index (Phi) is 3.61. The first-order chi connectivity index (χ1) is 12.8. The van der Waals surface area contributed by atoms with Crippen molar-refractivity contribution in [2.24, 2.45) is 0 Å². The van der Waals surface area contributed by atoms with Gasteiger partial charge in [-0.1, -0.05) is 70.5 Å². The third-order valence-corrected chi connectivity index (χ3v) is 5.14. The predicted molar refractivity (Wildman–Crippen MR) is 112 cm³/mol. The van der Waals surface area contributed by atoms with Gasteiger partial charge in [-0.3, -0.25) is 0 Å². The minimum atomic E-state index is 0.996. The molecular formula is C23H15BrN2. The Morgan fingerprint density at radius 2 is 1.42 bits per heavy atom. The van der Waals surface area contributed by atoms with Crippen molar-refractivity contribution in [3.8, 4) is 16.9 Å². The van der Waals surface area contributed by atoms with E-state index in [0.29, 0.717) is 0 Å². The summed E-state index contributed by atoms with van der Waals surface area (Å²) in [4.78, 5) is 0. The molecule has 0 bridgehead atoms. The SMILES string of the molecule is Brc1cccc(-c2nn(-c3ccccc3)c3cc4ccccc4cc23)c1. The molecule has 2 nitrogen and oxygen atoms in total. The lowest BCUT2D eigenvalue weighted by atomic mass is 10.0. The normalized spacial score (nSPS) is 11.3. The lowest BCUT2D eigenvalue weighted by molar-refractivity contribution is 0.915. The first-order valence-corrected chi connectivity index (χ1v) is 9.32. The largest absolute Gasteiger partial charge is 0.232 e. The van der Waals surface area contributed by atoms with Gasteiger partial charge in [-0.15, -0.1) is 0 Å². The first-order valence-electron chi connectivity index (χ1n) is 8.52. The molecule has 4 aromatic carbocycles. The molecule has 0 aliphatic rings. The van der Waals surface area contributed by atoms with Crippen molar-refractivity contribution in [3.05, 3.63) is 95.5 Å². The van der Waals surface area contributed by atoms with Gasteiger partial charge in [-0.05, 0) is 47.2 Å². The summed E-state index contributed by atoms with van der Waals surface area (Å²) in [5.74, 6) is 0. The van der Waals surface area contributed by atoms with Gasteiger partial charge in [0.2, 0.25) is 0 Å². The van der Waals surface area contributed by atoms with Crippen LogP contribution in [0.4, 0.5) is 0 Å². The van der Waals surface area contributed by atoms with Crippen molar-refractivity contribution in [2.45, 2.75) is 0 Å². The number of aromatic nitrogens is 2. The van der Waals surface area contributed by atoms with Gasteiger partial charge in [-0.2, -0.15) is 5.10 Å². The van der Waals surface area contributed by atoms with E-state index < -0.39 is 0 Å². The van der Waals surface area contributed by atoms with E-state index in [4.69, 9.17) is 5.10 Å². The van der Waals surface area contributed by atoms with Gasteiger partial charge in [0.15, 0.2) is 0 Å². The summed E-state index contributed by atoms with van der Waals surface area (Å²) in [6.07, 6.45) is 0. The average Bonchev–Trinajstić information content (AvgIpc) is 3.05. The topological polar surface area (TPSA) is 17.8 Å². The highest BCUT2D eigenvalue weighted by molar-refractivity contribution is 9.10. The Balaban J connectivity index is 1.89. The molecule has 3 heteroatoms. The van der Waals surface area contributed by atoms with E-state index in [0.717, 1.165) is 32.3 Å². The summed E-state index contributed by atoms with van der Waals surface area (Å²) in [5, 5.41) is 8.59. The maximum Gasteiger partial charge on any atom is 0.101 e. The van der Waals surface area contributed by atoms with Crippen LogP contribution in [0.25, 0.3) is 38.6 Å². The number of rotatable bonds is 2. The van der Waals surface area contributed by atoms with E-state index in [-0.39, 0.29) is 0 Å². The Bertz CT molecular complexity index is 1240. The van der Waals surface area contributed by atoms with Crippen LogP contribution in [0.5, 0.6) is 0 Å². The molecule has 1 heterocycles. The van der Waals surface area contributed by atoms with Gasteiger partial charge >= 0.3 is 0 Å². The minimum Gasteiger partial charge on any atom is -0.232 e. The molecule has 0 amide bonds. The fraction of sp³-hybridized carbons (Fsp3) is 0. The number of halogens is 1. The maximum atomic E-state index is 4.99. The second-order valence-electron chi connectivity index (χ2n) is 6.32. The zero-order chi connectivity index (χ0) is 17.5. The predicted octanol–water partition coefficient (Wildman–Crippen LogP) is 6.61. The number of nitrogens with zero attached hydrogens (tertiary/aromatic N) is 2. The fourth-order valence-corrected chi connectivity index (χ4v) is 3.82. The zero-order valence-corrected chi connectivity index (χ0v) is 15.5. The van der Waals surface area contributed by atoms with Crippen molar-refractivity contribution < 1.29 is 0 Å².